The zero-order chi connectivity index (χ0) is 20.1. The van der Waals surface area contributed by atoms with Crippen molar-refractivity contribution in [1.29, 1.82) is 0 Å². The molecule has 4 amide bonds. The molecule has 1 aromatic carbocycles. The molecule has 0 atom stereocenters. The van der Waals surface area contributed by atoms with E-state index in [1.54, 1.807) is 19.2 Å². The van der Waals surface area contributed by atoms with Crippen LogP contribution in [0, 0.1) is 12.8 Å². The lowest BCUT2D eigenvalue weighted by Gasteiger charge is -2.24. The SMILES string of the molecule is Cc1ccc(NC(=O)C(C)C)cc1NC(=O)N(C)CC(=O)NC(C)(C)C. The second-order valence-electron chi connectivity index (χ2n) is 7.76. The van der Waals surface area contributed by atoms with Gasteiger partial charge in [0.15, 0.2) is 0 Å². The minimum atomic E-state index is -0.399. The van der Waals surface area contributed by atoms with Crippen molar-refractivity contribution in [2.75, 3.05) is 24.2 Å². The molecule has 0 aromatic heterocycles. The third-order valence-electron chi connectivity index (χ3n) is 3.51. The van der Waals surface area contributed by atoms with E-state index in [1.165, 1.54) is 4.90 Å². The summed E-state index contributed by atoms with van der Waals surface area (Å²) in [6.07, 6.45) is 0. The minimum Gasteiger partial charge on any atom is -0.350 e. The van der Waals surface area contributed by atoms with Crippen molar-refractivity contribution in [2.24, 2.45) is 5.92 Å². The van der Waals surface area contributed by atoms with E-state index in [0.29, 0.717) is 11.4 Å². The normalized spacial score (nSPS) is 11.1. The highest BCUT2D eigenvalue weighted by molar-refractivity contribution is 5.95. The van der Waals surface area contributed by atoms with Crippen LogP contribution < -0.4 is 16.0 Å². The molecule has 0 bridgehead atoms. The molecule has 0 fully saturated rings. The van der Waals surface area contributed by atoms with E-state index in [4.69, 9.17) is 0 Å². The van der Waals surface area contributed by atoms with E-state index < -0.39 is 6.03 Å². The van der Waals surface area contributed by atoms with Crippen molar-refractivity contribution < 1.29 is 14.4 Å². The molecule has 144 valence electrons. The van der Waals surface area contributed by atoms with Gasteiger partial charge in [0.1, 0.15) is 6.54 Å². The Labute approximate surface area is 155 Å². The van der Waals surface area contributed by atoms with Gasteiger partial charge in [-0.25, -0.2) is 4.79 Å². The molecule has 0 saturated heterocycles. The molecule has 0 radical (unpaired) electrons. The molecule has 7 heteroatoms. The topological polar surface area (TPSA) is 90.5 Å². The molecule has 0 heterocycles. The number of nitrogens with one attached hydrogen (secondary N) is 3. The average molecular weight is 362 g/mol. The van der Waals surface area contributed by atoms with Crippen molar-refractivity contribution >= 4 is 29.2 Å². The number of likely N-dealkylation sites (N-methyl/N-ethyl adjacent to an activating group) is 1. The van der Waals surface area contributed by atoms with Crippen molar-refractivity contribution in [1.82, 2.24) is 10.2 Å². The van der Waals surface area contributed by atoms with E-state index in [9.17, 15) is 14.4 Å². The molecule has 0 aliphatic heterocycles. The van der Waals surface area contributed by atoms with Crippen LogP contribution in [0.3, 0.4) is 0 Å². The maximum absolute atomic E-state index is 12.4. The van der Waals surface area contributed by atoms with Gasteiger partial charge in [-0.15, -0.1) is 0 Å². The van der Waals surface area contributed by atoms with E-state index in [0.717, 1.165) is 5.56 Å². The van der Waals surface area contributed by atoms with Crippen molar-refractivity contribution in [3.05, 3.63) is 23.8 Å². The monoisotopic (exact) mass is 362 g/mol. The number of nitrogens with zero attached hydrogens (tertiary/aromatic N) is 1. The van der Waals surface area contributed by atoms with Gasteiger partial charge >= 0.3 is 6.03 Å². The van der Waals surface area contributed by atoms with Crippen LogP contribution in [0.1, 0.15) is 40.2 Å². The number of benzene rings is 1. The largest absolute Gasteiger partial charge is 0.350 e. The highest BCUT2D eigenvalue weighted by Gasteiger charge is 2.18. The summed E-state index contributed by atoms with van der Waals surface area (Å²) in [5, 5.41) is 8.39. The number of carbonyl (C=O) groups is 3. The van der Waals surface area contributed by atoms with E-state index in [1.807, 2.05) is 47.6 Å². The third kappa shape index (κ3) is 7.13. The van der Waals surface area contributed by atoms with Gasteiger partial charge in [-0.2, -0.15) is 0 Å². The Morgan fingerprint density at radius 1 is 1.12 bits per heavy atom. The molecule has 0 spiro atoms. The first kappa shape index (κ1) is 21.5. The Hall–Kier alpha value is -2.57. The molecule has 0 saturated carbocycles. The number of hydrogen-bond donors (Lipinski definition) is 3. The number of hydrogen-bond acceptors (Lipinski definition) is 3. The fourth-order valence-corrected chi connectivity index (χ4v) is 2.08. The molecule has 0 aliphatic rings. The van der Waals surface area contributed by atoms with Gasteiger partial charge in [-0.05, 0) is 45.4 Å². The lowest BCUT2D eigenvalue weighted by Crippen LogP contribution is -2.47. The smallest absolute Gasteiger partial charge is 0.322 e. The second kappa shape index (κ2) is 8.69. The van der Waals surface area contributed by atoms with Crippen molar-refractivity contribution in [2.45, 2.75) is 47.1 Å². The lowest BCUT2D eigenvalue weighted by molar-refractivity contribution is -0.123. The van der Waals surface area contributed by atoms with Gasteiger partial charge < -0.3 is 20.9 Å². The Morgan fingerprint density at radius 2 is 1.73 bits per heavy atom. The van der Waals surface area contributed by atoms with Crippen LogP contribution in [0.4, 0.5) is 16.2 Å². The molecular weight excluding hydrogens is 332 g/mol. The summed E-state index contributed by atoms with van der Waals surface area (Å²) in [5.41, 5.74) is 1.69. The number of urea groups is 1. The lowest BCUT2D eigenvalue weighted by atomic mass is 10.1. The summed E-state index contributed by atoms with van der Waals surface area (Å²) in [4.78, 5) is 37.4. The van der Waals surface area contributed by atoms with Crippen LogP contribution in [0.2, 0.25) is 0 Å². The summed E-state index contributed by atoms with van der Waals surface area (Å²) in [6.45, 7) is 11.1. The first-order valence-electron chi connectivity index (χ1n) is 8.63. The third-order valence-corrected chi connectivity index (χ3v) is 3.51. The van der Waals surface area contributed by atoms with Gasteiger partial charge in [-0.1, -0.05) is 19.9 Å². The molecule has 3 N–H and O–H groups in total. The first-order chi connectivity index (χ1) is 11.9. The fraction of sp³-hybridized carbons (Fsp3) is 0.526. The van der Waals surface area contributed by atoms with Crippen LogP contribution in [0.25, 0.3) is 0 Å². The Morgan fingerprint density at radius 3 is 2.27 bits per heavy atom. The predicted molar refractivity (Wildman–Crippen MR) is 104 cm³/mol. The van der Waals surface area contributed by atoms with Gasteiger partial charge in [0.25, 0.3) is 0 Å². The molecule has 1 aromatic rings. The summed E-state index contributed by atoms with van der Waals surface area (Å²) in [5.74, 6) is -0.464. The summed E-state index contributed by atoms with van der Waals surface area (Å²) in [6, 6.07) is 4.91. The van der Waals surface area contributed by atoms with Gasteiger partial charge in [-0.3, -0.25) is 9.59 Å². The quantitative estimate of drug-likeness (QED) is 0.752. The molecule has 0 unspecified atom stereocenters. The van der Waals surface area contributed by atoms with E-state index in [-0.39, 0.29) is 29.8 Å². The highest BCUT2D eigenvalue weighted by Crippen LogP contribution is 2.21. The maximum atomic E-state index is 12.4. The number of amides is 4. The Bertz CT molecular complexity index is 678. The zero-order valence-corrected chi connectivity index (χ0v) is 16.7. The zero-order valence-electron chi connectivity index (χ0n) is 16.7. The number of carbonyl (C=O) groups excluding carboxylic acids is 3. The van der Waals surface area contributed by atoms with Crippen molar-refractivity contribution in [3.8, 4) is 0 Å². The van der Waals surface area contributed by atoms with Gasteiger partial charge in [0.2, 0.25) is 11.8 Å². The number of anilines is 2. The maximum Gasteiger partial charge on any atom is 0.322 e. The van der Waals surface area contributed by atoms with Gasteiger partial charge in [0, 0.05) is 29.9 Å². The second-order valence-corrected chi connectivity index (χ2v) is 7.76. The molecule has 1 rings (SSSR count). The Balaban J connectivity index is 2.76. The van der Waals surface area contributed by atoms with Crippen LogP contribution in [0.5, 0.6) is 0 Å². The summed E-state index contributed by atoms with van der Waals surface area (Å²) < 4.78 is 0. The fourth-order valence-electron chi connectivity index (χ4n) is 2.08. The minimum absolute atomic E-state index is 0.0497. The standard InChI is InChI=1S/C19H30N4O3/c1-12(2)17(25)20-14-9-8-13(3)15(10-14)21-18(26)23(7)11-16(24)22-19(4,5)6/h8-10,12H,11H2,1-7H3,(H,20,25)(H,21,26)(H,22,24). The van der Waals surface area contributed by atoms with Crippen LogP contribution >= 0.6 is 0 Å². The van der Waals surface area contributed by atoms with Gasteiger partial charge in [0.05, 0.1) is 0 Å². The average Bonchev–Trinajstić information content (AvgIpc) is 2.48. The molecular formula is C19H30N4O3. The molecule has 26 heavy (non-hydrogen) atoms. The van der Waals surface area contributed by atoms with E-state index in [2.05, 4.69) is 16.0 Å². The molecule has 0 aliphatic carbocycles. The predicted octanol–water partition coefficient (Wildman–Crippen LogP) is 2.97. The highest BCUT2D eigenvalue weighted by atomic mass is 16.2. The van der Waals surface area contributed by atoms with Crippen LogP contribution in [0.15, 0.2) is 18.2 Å². The summed E-state index contributed by atoms with van der Waals surface area (Å²) >= 11 is 0. The number of rotatable bonds is 5. The molecule has 7 nitrogen and oxygen atoms in total. The van der Waals surface area contributed by atoms with Crippen LogP contribution in [-0.2, 0) is 9.59 Å². The van der Waals surface area contributed by atoms with Crippen molar-refractivity contribution in [3.63, 3.8) is 0 Å². The summed E-state index contributed by atoms with van der Waals surface area (Å²) in [7, 11) is 1.55. The van der Waals surface area contributed by atoms with Crippen LogP contribution in [-0.4, -0.2) is 41.9 Å². The Kier molecular flexibility index (Phi) is 7.18. The van der Waals surface area contributed by atoms with E-state index >= 15 is 0 Å². The number of aryl methyl sites for hydroxylation is 1. The first-order valence-corrected chi connectivity index (χ1v) is 8.63.